The van der Waals surface area contributed by atoms with Crippen molar-refractivity contribution in [1.29, 1.82) is 0 Å². The van der Waals surface area contributed by atoms with Crippen molar-refractivity contribution in [3.63, 3.8) is 0 Å². The molecule has 22 heavy (non-hydrogen) atoms. The topological polar surface area (TPSA) is 40.1 Å². The fraction of sp³-hybridized carbons (Fsp3) is 0.947. The van der Waals surface area contributed by atoms with Gasteiger partial charge in [0.1, 0.15) is 0 Å². The van der Waals surface area contributed by atoms with E-state index in [1.807, 2.05) is 0 Å². The van der Waals surface area contributed by atoms with Crippen molar-refractivity contribution in [3.05, 3.63) is 0 Å². The molecule has 0 amide bonds. The molecule has 1 aliphatic heterocycles. The lowest BCUT2D eigenvalue weighted by Gasteiger charge is -2.41. The van der Waals surface area contributed by atoms with Crippen LogP contribution in [-0.2, 0) is 4.79 Å². The van der Waals surface area contributed by atoms with E-state index in [1.54, 1.807) is 0 Å². The fourth-order valence-electron chi connectivity index (χ4n) is 3.46. The van der Waals surface area contributed by atoms with Crippen molar-refractivity contribution in [3.8, 4) is 0 Å². The van der Waals surface area contributed by atoms with Gasteiger partial charge in [0.25, 0.3) is 0 Å². The zero-order valence-corrected chi connectivity index (χ0v) is 15.4. The lowest BCUT2D eigenvalue weighted by Crippen LogP contribution is -2.51. The van der Waals surface area contributed by atoms with Crippen LogP contribution < -0.4 is 5.11 Å². The Labute approximate surface area is 138 Å². The fourth-order valence-corrected chi connectivity index (χ4v) is 3.46. The molecular weight excluding hydrogens is 274 g/mol. The Morgan fingerprint density at radius 1 is 0.864 bits per heavy atom. The molecule has 3 heteroatoms. The second-order valence-electron chi connectivity index (χ2n) is 6.86. The number of carbonyl (C=O) groups excluding carboxylic acids is 1. The minimum atomic E-state index is -1.08. The monoisotopic (exact) mass is 313 g/mol. The molecule has 1 fully saturated rings. The Morgan fingerprint density at radius 2 is 1.32 bits per heavy atom. The van der Waals surface area contributed by atoms with Gasteiger partial charge in [-0.05, 0) is 46.0 Å². The van der Waals surface area contributed by atoms with Crippen LogP contribution in [0.25, 0.3) is 0 Å². The SMILES string of the molecule is CC(=O)[O-].CCCCCCCCCC[N+]1(CC)CCCCC1. The number of carboxylic acid groups (broad SMARTS) is 1. The van der Waals surface area contributed by atoms with E-state index in [0.717, 1.165) is 6.92 Å². The molecule has 1 aliphatic rings. The summed E-state index contributed by atoms with van der Waals surface area (Å²) in [5.74, 6) is -1.08. The first-order valence-corrected chi connectivity index (χ1v) is 9.59. The second kappa shape index (κ2) is 14.0. The highest BCUT2D eigenvalue weighted by Gasteiger charge is 2.26. The summed E-state index contributed by atoms with van der Waals surface area (Å²) in [6, 6.07) is 0. The van der Waals surface area contributed by atoms with Crippen LogP contribution in [0.4, 0.5) is 0 Å². The molecule has 0 aromatic rings. The molecule has 0 aliphatic carbocycles. The van der Waals surface area contributed by atoms with E-state index in [-0.39, 0.29) is 0 Å². The molecule has 0 spiro atoms. The number of piperidine rings is 1. The maximum atomic E-state index is 8.89. The van der Waals surface area contributed by atoms with Crippen molar-refractivity contribution in [1.82, 2.24) is 0 Å². The molecule has 132 valence electrons. The zero-order valence-electron chi connectivity index (χ0n) is 15.4. The summed E-state index contributed by atoms with van der Waals surface area (Å²) in [4.78, 5) is 8.89. The van der Waals surface area contributed by atoms with Crippen LogP contribution in [0.5, 0.6) is 0 Å². The third kappa shape index (κ3) is 12.0. The average molecular weight is 314 g/mol. The first-order chi connectivity index (χ1) is 10.6. The Morgan fingerprint density at radius 3 is 1.77 bits per heavy atom. The van der Waals surface area contributed by atoms with E-state index in [2.05, 4.69) is 13.8 Å². The van der Waals surface area contributed by atoms with E-state index in [0.29, 0.717) is 0 Å². The second-order valence-corrected chi connectivity index (χ2v) is 6.86. The molecule has 0 unspecified atom stereocenters. The summed E-state index contributed by atoms with van der Waals surface area (Å²) >= 11 is 0. The molecule has 1 saturated heterocycles. The molecule has 0 saturated carbocycles. The van der Waals surface area contributed by atoms with Gasteiger partial charge in [-0.3, -0.25) is 0 Å². The van der Waals surface area contributed by atoms with E-state index in [4.69, 9.17) is 9.90 Å². The molecule has 0 N–H and O–H groups in total. The molecule has 3 nitrogen and oxygen atoms in total. The summed E-state index contributed by atoms with van der Waals surface area (Å²) in [7, 11) is 0. The molecule has 0 aromatic heterocycles. The van der Waals surface area contributed by atoms with E-state index in [9.17, 15) is 0 Å². The Bertz CT molecular complexity index is 256. The molecule has 0 radical (unpaired) electrons. The van der Waals surface area contributed by atoms with Gasteiger partial charge in [-0.15, -0.1) is 0 Å². The number of carbonyl (C=O) groups is 1. The lowest BCUT2D eigenvalue weighted by molar-refractivity contribution is -0.931. The summed E-state index contributed by atoms with van der Waals surface area (Å²) in [5.41, 5.74) is 0. The van der Waals surface area contributed by atoms with E-state index < -0.39 is 5.97 Å². The lowest BCUT2D eigenvalue weighted by atomic mass is 10.0. The maximum absolute atomic E-state index is 8.89. The minimum absolute atomic E-state index is 0.972. The number of hydrogen-bond acceptors (Lipinski definition) is 2. The van der Waals surface area contributed by atoms with Crippen molar-refractivity contribution >= 4 is 5.97 Å². The normalized spacial score (nSPS) is 16.7. The van der Waals surface area contributed by atoms with Gasteiger partial charge in [0.2, 0.25) is 0 Å². The van der Waals surface area contributed by atoms with Gasteiger partial charge in [0.05, 0.1) is 26.2 Å². The first-order valence-electron chi connectivity index (χ1n) is 9.59. The van der Waals surface area contributed by atoms with Gasteiger partial charge < -0.3 is 14.4 Å². The summed E-state index contributed by atoms with van der Waals surface area (Å²) in [6.07, 6.45) is 16.1. The summed E-state index contributed by atoms with van der Waals surface area (Å²) < 4.78 is 1.44. The van der Waals surface area contributed by atoms with E-state index in [1.165, 1.54) is 101 Å². The number of aliphatic carboxylic acids is 1. The number of unbranched alkanes of at least 4 members (excludes halogenated alkanes) is 7. The summed E-state index contributed by atoms with van der Waals surface area (Å²) in [5, 5.41) is 8.89. The van der Waals surface area contributed by atoms with Gasteiger partial charge in [-0.1, -0.05) is 45.4 Å². The summed E-state index contributed by atoms with van der Waals surface area (Å²) in [6.45, 7) is 11.4. The molecule has 0 aromatic carbocycles. The quantitative estimate of drug-likeness (QED) is 0.453. The number of rotatable bonds is 10. The maximum Gasteiger partial charge on any atom is 0.0786 e. The molecule has 1 rings (SSSR count). The smallest absolute Gasteiger partial charge is 0.0786 e. The van der Waals surface area contributed by atoms with Crippen LogP contribution in [0.3, 0.4) is 0 Å². The predicted octanol–water partition coefficient (Wildman–Crippen LogP) is 3.90. The average Bonchev–Trinajstić information content (AvgIpc) is 2.50. The number of hydrogen-bond donors (Lipinski definition) is 0. The highest BCUT2D eigenvalue weighted by atomic mass is 16.4. The largest absolute Gasteiger partial charge is 0.550 e. The van der Waals surface area contributed by atoms with Gasteiger partial charge in [0, 0.05) is 5.97 Å². The van der Waals surface area contributed by atoms with Gasteiger partial charge in [-0.25, -0.2) is 0 Å². The Hall–Kier alpha value is -0.570. The minimum Gasteiger partial charge on any atom is -0.550 e. The Balaban J connectivity index is 0.000000980. The zero-order chi connectivity index (χ0) is 16.7. The predicted molar refractivity (Wildman–Crippen MR) is 92.5 cm³/mol. The highest BCUT2D eigenvalue weighted by Crippen LogP contribution is 2.20. The highest BCUT2D eigenvalue weighted by molar-refractivity contribution is 5.60. The van der Waals surface area contributed by atoms with E-state index >= 15 is 0 Å². The standard InChI is InChI=1S/C17H36N.C2H4O2/c1-3-5-6-7-8-9-10-12-15-18(4-2)16-13-11-14-17-18;1-2(3)4/h3-17H2,1-2H3;1H3,(H,3,4)/q+1;/p-1. The van der Waals surface area contributed by atoms with Crippen LogP contribution in [-0.4, -0.2) is 36.6 Å². The van der Waals surface area contributed by atoms with Gasteiger partial charge in [0.15, 0.2) is 0 Å². The van der Waals surface area contributed by atoms with Crippen molar-refractivity contribution in [2.45, 2.75) is 91.4 Å². The molecular formula is C19H39NO2. The van der Waals surface area contributed by atoms with Gasteiger partial charge in [-0.2, -0.15) is 0 Å². The number of carboxylic acids is 1. The molecule has 1 heterocycles. The van der Waals surface area contributed by atoms with Crippen molar-refractivity contribution < 1.29 is 14.4 Å². The van der Waals surface area contributed by atoms with Crippen LogP contribution in [0.15, 0.2) is 0 Å². The Kier molecular flexibility index (Phi) is 13.7. The number of likely N-dealkylation sites (tertiary alicyclic amines) is 1. The number of quaternary nitrogens is 1. The molecule has 0 atom stereocenters. The van der Waals surface area contributed by atoms with Crippen LogP contribution >= 0.6 is 0 Å². The van der Waals surface area contributed by atoms with Crippen LogP contribution in [0.1, 0.15) is 91.4 Å². The first kappa shape index (κ1) is 21.4. The molecule has 0 bridgehead atoms. The third-order valence-electron chi connectivity index (χ3n) is 4.92. The van der Waals surface area contributed by atoms with Crippen molar-refractivity contribution in [2.75, 3.05) is 26.2 Å². The third-order valence-corrected chi connectivity index (χ3v) is 4.92. The van der Waals surface area contributed by atoms with Crippen molar-refractivity contribution in [2.24, 2.45) is 0 Å². The number of nitrogens with zero attached hydrogens (tertiary/aromatic N) is 1. The van der Waals surface area contributed by atoms with Gasteiger partial charge >= 0.3 is 0 Å². The van der Waals surface area contributed by atoms with Crippen LogP contribution in [0.2, 0.25) is 0 Å². The van der Waals surface area contributed by atoms with Crippen LogP contribution in [0, 0.1) is 0 Å².